The van der Waals surface area contributed by atoms with Crippen molar-refractivity contribution in [2.75, 3.05) is 13.7 Å². The summed E-state index contributed by atoms with van der Waals surface area (Å²) in [6.45, 7) is 3.05. The molecule has 18 heavy (non-hydrogen) atoms. The number of allylic oxidation sites excluding steroid dienone is 1. The summed E-state index contributed by atoms with van der Waals surface area (Å²) in [4.78, 5) is 0. The smallest absolute Gasteiger partial charge is 0.118 e. The van der Waals surface area contributed by atoms with Crippen LogP contribution < -0.4 is 10.1 Å². The van der Waals surface area contributed by atoms with Gasteiger partial charge in [-0.05, 0) is 43.5 Å². The Labute approximate surface area is 109 Å². The molecule has 0 spiro atoms. The van der Waals surface area contributed by atoms with E-state index in [0.717, 1.165) is 25.1 Å². The Morgan fingerprint density at radius 3 is 2.78 bits per heavy atom. The van der Waals surface area contributed by atoms with E-state index in [-0.39, 0.29) is 0 Å². The molecular formula is C15H21NO2. The van der Waals surface area contributed by atoms with Gasteiger partial charge in [-0.1, -0.05) is 12.1 Å². The lowest BCUT2D eigenvalue weighted by molar-refractivity contribution is 0.120. The van der Waals surface area contributed by atoms with Gasteiger partial charge in [-0.25, -0.2) is 0 Å². The fraction of sp³-hybridized carbons (Fsp3) is 0.467. The van der Waals surface area contributed by atoms with E-state index >= 15 is 0 Å². The summed E-state index contributed by atoms with van der Waals surface area (Å²) in [5, 5.41) is 3.51. The van der Waals surface area contributed by atoms with E-state index in [2.05, 4.69) is 30.4 Å². The van der Waals surface area contributed by atoms with Crippen LogP contribution in [0.3, 0.4) is 0 Å². The van der Waals surface area contributed by atoms with Crippen molar-refractivity contribution in [2.24, 2.45) is 0 Å². The van der Waals surface area contributed by atoms with Gasteiger partial charge in [0.25, 0.3) is 0 Å². The van der Waals surface area contributed by atoms with Crippen LogP contribution in [-0.4, -0.2) is 19.8 Å². The fourth-order valence-electron chi connectivity index (χ4n) is 2.05. The second kappa shape index (κ2) is 6.45. The predicted molar refractivity (Wildman–Crippen MR) is 72.7 cm³/mol. The summed E-state index contributed by atoms with van der Waals surface area (Å²) in [5.74, 6) is 0.895. The van der Waals surface area contributed by atoms with Crippen LogP contribution in [0, 0.1) is 0 Å². The second-order valence-electron chi connectivity index (χ2n) is 4.61. The molecule has 3 nitrogen and oxygen atoms in total. The van der Waals surface area contributed by atoms with Gasteiger partial charge in [0.15, 0.2) is 0 Å². The number of hydrogen-bond acceptors (Lipinski definition) is 3. The summed E-state index contributed by atoms with van der Waals surface area (Å²) in [7, 11) is 1.69. The van der Waals surface area contributed by atoms with E-state index < -0.39 is 0 Å². The molecule has 0 radical (unpaired) electrons. The Kier molecular flexibility index (Phi) is 4.65. The third kappa shape index (κ3) is 3.50. The van der Waals surface area contributed by atoms with Gasteiger partial charge in [-0.15, -0.1) is 0 Å². The summed E-state index contributed by atoms with van der Waals surface area (Å²) in [6.07, 6.45) is 6.40. The van der Waals surface area contributed by atoms with Gasteiger partial charge >= 0.3 is 0 Å². The molecule has 1 aliphatic heterocycles. The van der Waals surface area contributed by atoms with E-state index in [4.69, 9.17) is 9.47 Å². The van der Waals surface area contributed by atoms with Crippen molar-refractivity contribution in [3.05, 3.63) is 42.2 Å². The topological polar surface area (TPSA) is 30.5 Å². The Morgan fingerprint density at radius 2 is 2.17 bits per heavy atom. The first-order valence-electron chi connectivity index (χ1n) is 6.47. The van der Waals surface area contributed by atoms with E-state index in [9.17, 15) is 0 Å². The number of rotatable bonds is 5. The van der Waals surface area contributed by atoms with Crippen LogP contribution in [0.4, 0.5) is 0 Å². The van der Waals surface area contributed by atoms with Crippen molar-refractivity contribution in [1.29, 1.82) is 0 Å². The minimum atomic E-state index is 0.302. The standard InChI is InChI=1S/C15H21NO2/c1-12(13-6-8-14(17-2)9-7-13)16-11-15-5-3-4-10-18-15/h4,6-10,12,15-16H,3,5,11H2,1-2H3/t12-,15?/m1/s1. The Bertz CT molecular complexity index is 386. The molecule has 1 aromatic carbocycles. The highest BCUT2D eigenvalue weighted by molar-refractivity contribution is 5.28. The first-order valence-corrected chi connectivity index (χ1v) is 6.47. The number of ether oxygens (including phenoxy) is 2. The summed E-state index contributed by atoms with van der Waals surface area (Å²) in [5.41, 5.74) is 1.27. The zero-order valence-electron chi connectivity index (χ0n) is 11.1. The summed E-state index contributed by atoms with van der Waals surface area (Å²) < 4.78 is 10.7. The highest BCUT2D eigenvalue weighted by Gasteiger charge is 2.12. The fourth-order valence-corrected chi connectivity index (χ4v) is 2.05. The summed E-state index contributed by atoms with van der Waals surface area (Å²) >= 11 is 0. The molecule has 0 aromatic heterocycles. The molecule has 1 heterocycles. The lowest BCUT2D eigenvalue weighted by Crippen LogP contribution is -2.31. The van der Waals surface area contributed by atoms with Gasteiger partial charge in [0, 0.05) is 12.6 Å². The van der Waals surface area contributed by atoms with E-state index in [1.165, 1.54) is 5.56 Å². The average molecular weight is 247 g/mol. The van der Waals surface area contributed by atoms with Crippen LogP contribution in [0.1, 0.15) is 31.4 Å². The molecule has 1 N–H and O–H groups in total. The number of benzene rings is 1. The minimum absolute atomic E-state index is 0.302. The normalized spacial score (nSPS) is 20.2. The minimum Gasteiger partial charge on any atom is -0.497 e. The number of methoxy groups -OCH3 is 1. The van der Waals surface area contributed by atoms with Crippen molar-refractivity contribution in [1.82, 2.24) is 5.32 Å². The lowest BCUT2D eigenvalue weighted by atomic mass is 10.1. The van der Waals surface area contributed by atoms with E-state index in [1.54, 1.807) is 7.11 Å². The molecule has 0 amide bonds. The first-order chi connectivity index (χ1) is 8.79. The number of hydrogen-bond donors (Lipinski definition) is 1. The van der Waals surface area contributed by atoms with Crippen molar-refractivity contribution >= 4 is 0 Å². The van der Waals surface area contributed by atoms with Crippen LogP contribution in [-0.2, 0) is 4.74 Å². The van der Waals surface area contributed by atoms with Gasteiger partial charge < -0.3 is 14.8 Å². The van der Waals surface area contributed by atoms with Crippen molar-refractivity contribution in [3.63, 3.8) is 0 Å². The van der Waals surface area contributed by atoms with Crippen LogP contribution >= 0.6 is 0 Å². The van der Waals surface area contributed by atoms with Gasteiger partial charge in [0.2, 0.25) is 0 Å². The molecule has 1 unspecified atom stereocenters. The predicted octanol–water partition coefficient (Wildman–Crippen LogP) is 3.04. The van der Waals surface area contributed by atoms with E-state index in [1.807, 2.05) is 18.4 Å². The third-order valence-corrected chi connectivity index (χ3v) is 3.29. The van der Waals surface area contributed by atoms with Gasteiger partial charge in [0.05, 0.1) is 13.4 Å². The van der Waals surface area contributed by atoms with Gasteiger partial charge in [-0.2, -0.15) is 0 Å². The Hall–Kier alpha value is -1.48. The molecule has 98 valence electrons. The molecule has 0 bridgehead atoms. The molecule has 0 aliphatic carbocycles. The maximum Gasteiger partial charge on any atom is 0.118 e. The Morgan fingerprint density at radius 1 is 1.39 bits per heavy atom. The van der Waals surface area contributed by atoms with Gasteiger partial charge in [-0.3, -0.25) is 0 Å². The lowest BCUT2D eigenvalue weighted by Gasteiger charge is -2.22. The van der Waals surface area contributed by atoms with Crippen LogP contribution in [0.2, 0.25) is 0 Å². The zero-order chi connectivity index (χ0) is 12.8. The van der Waals surface area contributed by atoms with Crippen LogP contribution in [0.5, 0.6) is 5.75 Å². The molecule has 3 heteroatoms. The van der Waals surface area contributed by atoms with Gasteiger partial charge in [0.1, 0.15) is 11.9 Å². The molecule has 1 aliphatic rings. The number of nitrogens with one attached hydrogen (secondary N) is 1. The van der Waals surface area contributed by atoms with Crippen LogP contribution in [0.25, 0.3) is 0 Å². The summed E-state index contributed by atoms with van der Waals surface area (Å²) in [6, 6.07) is 8.50. The maximum atomic E-state index is 5.54. The monoisotopic (exact) mass is 247 g/mol. The Balaban J connectivity index is 1.82. The van der Waals surface area contributed by atoms with E-state index in [0.29, 0.717) is 12.1 Å². The maximum absolute atomic E-state index is 5.54. The third-order valence-electron chi connectivity index (χ3n) is 3.29. The second-order valence-corrected chi connectivity index (χ2v) is 4.61. The largest absolute Gasteiger partial charge is 0.497 e. The van der Waals surface area contributed by atoms with Crippen molar-refractivity contribution in [3.8, 4) is 5.75 Å². The molecule has 2 atom stereocenters. The molecule has 0 fully saturated rings. The molecule has 2 rings (SSSR count). The molecule has 1 aromatic rings. The SMILES string of the molecule is COc1ccc([C@@H](C)NCC2CCC=CO2)cc1. The average Bonchev–Trinajstić information content (AvgIpc) is 2.46. The first kappa shape index (κ1) is 13.0. The molecule has 0 saturated heterocycles. The zero-order valence-corrected chi connectivity index (χ0v) is 11.1. The highest BCUT2D eigenvalue weighted by atomic mass is 16.5. The molecular weight excluding hydrogens is 226 g/mol. The highest BCUT2D eigenvalue weighted by Crippen LogP contribution is 2.18. The quantitative estimate of drug-likeness (QED) is 0.867. The van der Waals surface area contributed by atoms with Crippen LogP contribution in [0.15, 0.2) is 36.6 Å². The van der Waals surface area contributed by atoms with Crippen molar-refractivity contribution < 1.29 is 9.47 Å². The van der Waals surface area contributed by atoms with Crippen molar-refractivity contribution in [2.45, 2.75) is 31.9 Å². The molecule has 0 saturated carbocycles.